The monoisotopic (exact) mass is 384 g/mol. The molecule has 150 valence electrons. The van der Waals surface area contributed by atoms with Crippen molar-refractivity contribution in [3.05, 3.63) is 53.4 Å². The molecule has 1 N–H and O–H groups in total. The fourth-order valence-corrected chi connectivity index (χ4v) is 3.52. The Balaban J connectivity index is 1.53. The van der Waals surface area contributed by atoms with Crippen LogP contribution in [0.15, 0.2) is 40.9 Å². The summed E-state index contributed by atoms with van der Waals surface area (Å²) in [5.41, 5.74) is 2.07. The zero-order valence-electron chi connectivity index (χ0n) is 16.6. The molecule has 2 amide bonds. The number of nitrogens with zero attached hydrogens (tertiary/aromatic N) is 3. The highest BCUT2D eigenvalue weighted by atomic mass is 16.5. The summed E-state index contributed by atoms with van der Waals surface area (Å²) < 4.78 is 5.18. The van der Waals surface area contributed by atoms with Crippen LogP contribution in [0.3, 0.4) is 0 Å². The molecule has 1 aliphatic heterocycles. The molecule has 28 heavy (non-hydrogen) atoms. The summed E-state index contributed by atoms with van der Waals surface area (Å²) in [5, 5.41) is 6.73. The van der Waals surface area contributed by atoms with Crippen molar-refractivity contribution in [1.29, 1.82) is 0 Å². The zero-order valence-corrected chi connectivity index (χ0v) is 16.6. The van der Waals surface area contributed by atoms with Gasteiger partial charge in [0.25, 0.3) is 0 Å². The summed E-state index contributed by atoms with van der Waals surface area (Å²) in [6.45, 7) is 4.38. The highest BCUT2D eigenvalue weighted by molar-refractivity contribution is 5.88. The predicted octanol–water partition coefficient (Wildman–Crippen LogP) is 1.76. The molecule has 1 atom stereocenters. The molecule has 1 unspecified atom stereocenters. The Labute approximate surface area is 165 Å². The lowest BCUT2D eigenvalue weighted by Gasteiger charge is -2.35. The number of amides is 2. The number of benzene rings is 1. The van der Waals surface area contributed by atoms with Gasteiger partial charge in [0.15, 0.2) is 5.76 Å². The van der Waals surface area contributed by atoms with E-state index in [4.69, 9.17) is 4.52 Å². The minimum atomic E-state index is -0.420. The molecule has 1 saturated heterocycles. The number of hydrogen-bond donors (Lipinski definition) is 1. The first-order chi connectivity index (χ1) is 13.5. The summed E-state index contributed by atoms with van der Waals surface area (Å²) in [6, 6.07) is 11.7. The summed E-state index contributed by atoms with van der Waals surface area (Å²) in [7, 11) is 1.72. The Hall–Kier alpha value is -2.67. The van der Waals surface area contributed by atoms with E-state index in [9.17, 15) is 9.59 Å². The average Bonchev–Trinajstić information content (AvgIpc) is 3.09. The van der Waals surface area contributed by atoms with Gasteiger partial charge < -0.3 is 14.7 Å². The van der Waals surface area contributed by atoms with Gasteiger partial charge in [-0.05, 0) is 31.9 Å². The smallest absolute Gasteiger partial charge is 0.237 e. The molecule has 7 heteroatoms. The molecule has 0 radical (unpaired) electrons. The van der Waals surface area contributed by atoms with E-state index in [0.717, 1.165) is 31.6 Å². The molecule has 1 fully saturated rings. The third-order valence-electron chi connectivity index (χ3n) is 5.06. The molecule has 0 aliphatic carbocycles. The molecule has 0 spiro atoms. The maximum absolute atomic E-state index is 12.7. The minimum Gasteiger partial charge on any atom is -0.359 e. The van der Waals surface area contributed by atoms with Gasteiger partial charge in [-0.2, -0.15) is 0 Å². The number of carbonyl (C=O) groups is 2. The highest BCUT2D eigenvalue weighted by Crippen LogP contribution is 2.14. The van der Waals surface area contributed by atoms with Gasteiger partial charge in [0.1, 0.15) is 0 Å². The Morgan fingerprint density at radius 1 is 1.36 bits per heavy atom. The van der Waals surface area contributed by atoms with Gasteiger partial charge in [-0.25, -0.2) is 0 Å². The third kappa shape index (κ3) is 5.42. The van der Waals surface area contributed by atoms with Gasteiger partial charge in [0.2, 0.25) is 11.8 Å². The number of carbonyl (C=O) groups excluding carboxylic acids is 2. The van der Waals surface area contributed by atoms with Gasteiger partial charge in [-0.1, -0.05) is 35.5 Å². The molecule has 1 aromatic heterocycles. The number of rotatable bonds is 8. The Bertz CT molecular complexity index is 790. The van der Waals surface area contributed by atoms with Crippen LogP contribution < -0.4 is 5.32 Å². The first kappa shape index (κ1) is 20.1. The fraction of sp³-hybridized carbons (Fsp3) is 0.476. The van der Waals surface area contributed by atoms with Crippen molar-refractivity contribution < 1.29 is 14.1 Å². The van der Waals surface area contributed by atoms with Gasteiger partial charge in [-0.3, -0.25) is 14.5 Å². The van der Waals surface area contributed by atoms with E-state index < -0.39 is 6.04 Å². The zero-order chi connectivity index (χ0) is 19.9. The van der Waals surface area contributed by atoms with Gasteiger partial charge in [0.05, 0.1) is 24.7 Å². The second kappa shape index (κ2) is 9.50. The predicted molar refractivity (Wildman–Crippen MR) is 105 cm³/mol. The van der Waals surface area contributed by atoms with Crippen molar-refractivity contribution in [2.75, 3.05) is 26.7 Å². The fourth-order valence-electron chi connectivity index (χ4n) is 3.52. The van der Waals surface area contributed by atoms with Crippen LogP contribution in [0, 0.1) is 6.92 Å². The van der Waals surface area contributed by atoms with E-state index in [0.29, 0.717) is 18.8 Å². The van der Waals surface area contributed by atoms with E-state index in [2.05, 4.69) is 27.5 Å². The molecule has 2 heterocycles. The Kier molecular flexibility index (Phi) is 6.81. The van der Waals surface area contributed by atoms with Crippen LogP contribution >= 0.6 is 0 Å². The molecule has 0 saturated carbocycles. The van der Waals surface area contributed by atoms with Crippen molar-refractivity contribution in [3.8, 4) is 0 Å². The van der Waals surface area contributed by atoms with E-state index in [-0.39, 0.29) is 18.2 Å². The molecule has 0 bridgehead atoms. The van der Waals surface area contributed by atoms with Crippen molar-refractivity contribution >= 4 is 11.8 Å². The summed E-state index contributed by atoms with van der Waals surface area (Å²) in [4.78, 5) is 28.8. The lowest BCUT2D eigenvalue weighted by atomic mass is 10.1. The summed E-state index contributed by atoms with van der Waals surface area (Å²) >= 11 is 0. The second-order valence-electron chi connectivity index (χ2n) is 7.32. The van der Waals surface area contributed by atoms with Crippen LogP contribution in [0.4, 0.5) is 0 Å². The normalized spacial score (nSPS) is 17.4. The van der Waals surface area contributed by atoms with Crippen molar-refractivity contribution in [3.63, 3.8) is 0 Å². The number of aromatic nitrogens is 1. The van der Waals surface area contributed by atoms with E-state index in [1.807, 2.05) is 31.2 Å². The average molecular weight is 384 g/mol. The molecule has 7 nitrogen and oxygen atoms in total. The van der Waals surface area contributed by atoms with Crippen LogP contribution in [0.25, 0.3) is 0 Å². The van der Waals surface area contributed by atoms with Crippen LogP contribution in [0.1, 0.15) is 29.9 Å². The molecule has 1 aliphatic rings. The van der Waals surface area contributed by atoms with Crippen LogP contribution in [0.2, 0.25) is 0 Å². The summed E-state index contributed by atoms with van der Waals surface area (Å²) in [5.74, 6) is 0.494. The van der Waals surface area contributed by atoms with Crippen LogP contribution in [-0.2, 0) is 22.6 Å². The standard InChI is InChI=1S/C21H28N4O3/c1-16-13-18(28-23-16)15-24(2)20(26)14-19-21(27)22-10-12-25(19)11-6-9-17-7-4-3-5-8-17/h3-5,7-8,13,19H,6,9-12,14-15H2,1-2H3,(H,22,27). The highest BCUT2D eigenvalue weighted by Gasteiger charge is 2.32. The van der Waals surface area contributed by atoms with Gasteiger partial charge in [0, 0.05) is 26.2 Å². The first-order valence-corrected chi connectivity index (χ1v) is 9.75. The van der Waals surface area contributed by atoms with Crippen LogP contribution in [-0.4, -0.2) is 59.5 Å². The van der Waals surface area contributed by atoms with Gasteiger partial charge >= 0.3 is 0 Å². The Morgan fingerprint density at radius 2 is 2.14 bits per heavy atom. The molecule has 3 rings (SSSR count). The molecular formula is C21H28N4O3. The summed E-state index contributed by atoms with van der Waals surface area (Å²) in [6.07, 6.45) is 2.08. The van der Waals surface area contributed by atoms with E-state index in [1.54, 1.807) is 11.9 Å². The second-order valence-corrected chi connectivity index (χ2v) is 7.32. The van der Waals surface area contributed by atoms with Crippen molar-refractivity contribution in [1.82, 2.24) is 20.3 Å². The SMILES string of the molecule is Cc1cc(CN(C)C(=O)CC2C(=O)NCCN2CCCc2ccccc2)on1. The first-order valence-electron chi connectivity index (χ1n) is 9.75. The molecule has 1 aromatic carbocycles. The van der Waals surface area contributed by atoms with Gasteiger partial charge in [-0.15, -0.1) is 0 Å². The molecule has 2 aromatic rings. The number of piperazine rings is 1. The number of hydrogen-bond acceptors (Lipinski definition) is 5. The minimum absolute atomic E-state index is 0.0665. The van der Waals surface area contributed by atoms with Crippen molar-refractivity contribution in [2.45, 2.75) is 38.8 Å². The Morgan fingerprint density at radius 3 is 2.86 bits per heavy atom. The topological polar surface area (TPSA) is 78.7 Å². The van der Waals surface area contributed by atoms with E-state index in [1.165, 1.54) is 5.56 Å². The maximum Gasteiger partial charge on any atom is 0.237 e. The largest absolute Gasteiger partial charge is 0.359 e. The van der Waals surface area contributed by atoms with E-state index >= 15 is 0 Å². The van der Waals surface area contributed by atoms with Crippen molar-refractivity contribution in [2.24, 2.45) is 0 Å². The lowest BCUT2D eigenvalue weighted by molar-refractivity contribution is -0.138. The maximum atomic E-state index is 12.7. The van der Waals surface area contributed by atoms with Crippen LogP contribution in [0.5, 0.6) is 0 Å². The number of nitrogens with one attached hydrogen (secondary N) is 1. The third-order valence-corrected chi connectivity index (χ3v) is 5.06. The number of aryl methyl sites for hydroxylation is 2. The quantitative estimate of drug-likeness (QED) is 0.750. The lowest BCUT2D eigenvalue weighted by Crippen LogP contribution is -2.56. The molecular weight excluding hydrogens is 356 g/mol.